The number of nitrogens with zero attached hydrogens (tertiary/aromatic N) is 2. The fourth-order valence-corrected chi connectivity index (χ4v) is 2.71. The van der Waals surface area contributed by atoms with E-state index < -0.39 is 0 Å². The molecule has 2 rings (SSSR count). The first kappa shape index (κ1) is 17.3. The Balaban J connectivity index is 1.82. The van der Waals surface area contributed by atoms with Crippen molar-refractivity contribution in [3.8, 4) is 5.75 Å². The fourth-order valence-electron chi connectivity index (χ4n) is 2.71. The van der Waals surface area contributed by atoms with Gasteiger partial charge in [-0.15, -0.1) is 0 Å². The second-order valence-corrected chi connectivity index (χ2v) is 6.11. The number of rotatable bonds is 5. The third-order valence-corrected chi connectivity index (χ3v) is 4.14. The molecular formula is C18H26N2O3. The molecule has 0 atom stereocenters. The number of carbonyl (C=O) groups is 2. The molecule has 1 heterocycles. The van der Waals surface area contributed by atoms with E-state index in [4.69, 9.17) is 4.74 Å². The van der Waals surface area contributed by atoms with Gasteiger partial charge in [0.15, 0.2) is 6.61 Å². The van der Waals surface area contributed by atoms with Crippen LogP contribution in [-0.4, -0.2) is 54.4 Å². The fraction of sp³-hybridized carbons (Fsp3) is 0.556. The molecule has 0 unspecified atom stereocenters. The summed E-state index contributed by atoms with van der Waals surface area (Å²) in [4.78, 5) is 27.8. The third kappa shape index (κ3) is 4.47. The number of hydrogen-bond acceptors (Lipinski definition) is 3. The zero-order valence-corrected chi connectivity index (χ0v) is 14.2. The summed E-state index contributed by atoms with van der Waals surface area (Å²) < 4.78 is 5.68. The van der Waals surface area contributed by atoms with E-state index in [1.54, 1.807) is 4.90 Å². The SMILES string of the molecule is CCc1ccccc1OCC(=O)N1CCN(C(=O)C(C)C)CC1. The van der Waals surface area contributed by atoms with Gasteiger partial charge in [-0.1, -0.05) is 39.0 Å². The quantitative estimate of drug-likeness (QED) is 0.834. The Morgan fingerprint density at radius 2 is 1.70 bits per heavy atom. The average Bonchev–Trinajstić information content (AvgIpc) is 2.59. The van der Waals surface area contributed by atoms with Gasteiger partial charge < -0.3 is 14.5 Å². The normalized spacial score (nSPS) is 15.0. The van der Waals surface area contributed by atoms with Crippen LogP contribution in [-0.2, 0) is 16.0 Å². The topological polar surface area (TPSA) is 49.9 Å². The Kier molecular flexibility index (Phi) is 6.02. The summed E-state index contributed by atoms with van der Waals surface area (Å²) in [5.74, 6) is 0.917. The van der Waals surface area contributed by atoms with Crippen LogP contribution in [0.4, 0.5) is 0 Å². The van der Waals surface area contributed by atoms with Gasteiger partial charge in [0.25, 0.3) is 5.91 Å². The van der Waals surface area contributed by atoms with Crippen LogP contribution >= 0.6 is 0 Å². The van der Waals surface area contributed by atoms with Crippen molar-refractivity contribution < 1.29 is 14.3 Å². The standard InChI is InChI=1S/C18H26N2O3/c1-4-15-7-5-6-8-16(15)23-13-17(21)19-9-11-20(12-10-19)18(22)14(2)3/h5-8,14H,4,9-13H2,1-3H3. The Morgan fingerprint density at radius 1 is 1.09 bits per heavy atom. The van der Waals surface area contributed by atoms with Gasteiger partial charge in [-0.2, -0.15) is 0 Å². The summed E-state index contributed by atoms with van der Waals surface area (Å²) in [7, 11) is 0. The first-order chi connectivity index (χ1) is 11.0. The van der Waals surface area contributed by atoms with Crippen molar-refractivity contribution >= 4 is 11.8 Å². The summed E-state index contributed by atoms with van der Waals surface area (Å²) in [5.41, 5.74) is 1.10. The van der Waals surface area contributed by atoms with E-state index in [9.17, 15) is 9.59 Å². The highest BCUT2D eigenvalue weighted by atomic mass is 16.5. The lowest BCUT2D eigenvalue weighted by Gasteiger charge is -2.35. The number of amides is 2. The Bertz CT molecular complexity index is 549. The van der Waals surface area contributed by atoms with Gasteiger partial charge in [0.1, 0.15) is 5.75 Å². The minimum atomic E-state index is -0.0208. The maximum atomic E-state index is 12.3. The molecule has 1 aromatic carbocycles. The number of piperazine rings is 1. The molecule has 1 aliphatic heterocycles. The summed E-state index contributed by atoms with van der Waals surface area (Å²) in [5, 5.41) is 0. The van der Waals surface area contributed by atoms with E-state index in [1.165, 1.54) is 0 Å². The lowest BCUT2D eigenvalue weighted by Crippen LogP contribution is -2.52. The molecule has 1 saturated heterocycles. The van der Waals surface area contributed by atoms with Crippen LogP contribution in [0.2, 0.25) is 0 Å². The van der Waals surface area contributed by atoms with Gasteiger partial charge in [0.05, 0.1) is 0 Å². The van der Waals surface area contributed by atoms with Crippen LogP contribution < -0.4 is 4.74 Å². The van der Waals surface area contributed by atoms with Crippen molar-refractivity contribution in [2.75, 3.05) is 32.8 Å². The monoisotopic (exact) mass is 318 g/mol. The van der Waals surface area contributed by atoms with Gasteiger partial charge in [0, 0.05) is 32.1 Å². The molecule has 0 saturated carbocycles. The van der Waals surface area contributed by atoms with E-state index in [-0.39, 0.29) is 24.3 Å². The molecule has 0 bridgehead atoms. The Hall–Kier alpha value is -2.04. The maximum absolute atomic E-state index is 12.3. The number of benzene rings is 1. The van der Waals surface area contributed by atoms with Crippen LogP contribution in [0.5, 0.6) is 5.75 Å². The predicted octanol–water partition coefficient (Wildman–Crippen LogP) is 1.95. The molecule has 1 aromatic rings. The van der Waals surface area contributed by atoms with Crippen molar-refractivity contribution in [2.24, 2.45) is 5.92 Å². The highest BCUT2D eigenvalue weighted by Gasteiger charge is 2.25. The summed E-state index contributed by atoms with van der Waals surface area (Å²) in [6, 6.07) is 7.79. The van der Waals surface area contributed by atoms with Crippen LogP contribution in [0.1, 0.15) is 26.3 Å². The van der Waals surface area contributed by atoms with E-state index in [0.29, 0.717) is 26.2 Å². The molecule has 23 heavy (non-hydrogen) atoms. The van der Waals surface area contributed by atoms with E-state index in [0.717, 1.165) is 17.7 Å². The molecular weight excluding hydrogens is 292 g/mol. The molecule has 5 nitrogen and oxygen atoms in total. The summed E-state index contributed by atoms with van der Waals surface area (Å²) in [6.07, 6.45) is 0.875. The third-order valence-electron chi connectivity index (χ3n) is 4.14. The number of ether oxygens (including phenoxy) is 1. The largest absolute Gasteiger partial charge is 0.483 e. The molecule has 0 N–H and O–H groups in total. The first-order valence-corrected chi connectivity index (χ1v) is 8.30. The second kappa shape index (κ2) is 7.99. The zero-order chi connectivity index (χ0) is 16.8. The number of aryl methyl sites for hydroxylation is 1. The van der Waals surface area contributed by atoms with Crippen LogP contribution in [0.15, 0.2) is 24.3 Å². The van der Waals surface area contributed by atoms with Gasteiger partial charge in [0.2, 0.25) is 5.91 Å². The number of carbonyl (C=O) groups excluding carboxylic acids is 2. The van der Waals surface area contributed by atoms with Crippen LogP contribution in [0.25, 0.3) is 0 Å². The second-order valence-electron chi connectivity index (χ2n) is 6.11. The lowest BCUT2D eigenvalue weighted by atomic mass is 10.1. The molecule has 0 spiro atoms. The highest BCUT2D eigenvalue weighted by Crippen LogP contribution is 2.18. The van der Waals surface area contributed by atoms with E-state index >= 15 is 0 Å². The smallest absolute Gasteiger partial charge is 0.260 e. The maximum Gasteiger partial charge on any atom is 0.260 e. The van der Waals surface area contributed by atoms with Gasteiger partial charge in [-0.3, -0.25) is 9.59 Å². The lowest BCUT2D eigenvalue weighted by molar-refractivity contribution is -0.142. The van der Waals surface area contributed by atoms with Crippen LogP contribution in [0, 0.1) is 5.92 Å². The summed E-state index contributed by atoms with van der Waals surface area (Å²) >= 11 is 0. The van der Waals surface area contributed by atoms with Gasteiger partial charge >= 0.3 is 0 Å². The molecule has 2 amide bonds. The Morgan fingerprint density at radius 3 is 2.30 bits per heavy atom. The first-order valence-electron chi connectivity index (χ1n) is 8.30. The molecule has 0 radical (unpaired) electrons. The van der Waals surface area contributed by atoms with Crippen LogP contribution in [0.3, 0.4) is 0 Å². The van der Waals surface area contributed by atoms with Crippen molar-refractivity contribution in [2.45, 2.75) is 27.2 Å². The zero-order valence-electron chi connectivity index (χ0n) is 14.2. The molecule has 1 fully saturated rings. The van der Waals surface area contributed by atoms with E-state index in [1.807, 2.05) is 43.0 Å². The minimum absolute atomic E-state index is 0.00568. The van der Waals surface area contributed by atoms with E-state index in [2.05, 4.69) is 6.92 Å². The predicted molar refractivity (Wildman–Crippen MR) is 89.3 cm³/mol. The molecule has 0 aromatic heterocycles. The van der Waals surface area contributed by atoms with Crippen molar-refractivity contribution in [1.82, 2.24) is 9.80 Å². The molecule has 1 aliphatic rings. The van der Waals surface area contributed by atoms with Crippen molar-refractivity contribution in [3.05, 3.63) is 29.8 Å². The van der Waals surface area contributed by atoms with Gasteiger partial charge in [-0.25, -0.2) is 0 Å². The summed E-state index contributed by atoms with van der Waals surface area (Å²) in [6.45, 7) is 8.29. The highest BCUT2D eigenvalue weighted by molar-refractivity contribution is 5.80. The molecule has 5 heteroatoms. The molecule has 126 valence electrons. The number of hydrogen-bond donors (Lipinski definition) is 0. The van der Waals surface area contributed by atoms with Gasteiger partial charge in [-0.05, 0) is 18.1 Å². The van der Waals surface area contributed by atoms with Crippen molar-refractivity contribution in [3.63, 3.8) is 0 Å². The Labute approximate surface area is 138 Å². The molecule has 0 aliphatic carbocycles. The number of para-hydroxylation sites is 1. The minimum Gasteiger partial charge on any atom is -0.483 e. The van der Waals surface area contributed by atoms with Crippen molar-refractivity contribution in [1.29, 1.82) is 0 Å². The average molecular weight is 318 g/mol.